The van der Waals surface area contributed by atoms with E-state index in [0.717, 1.165) is 11.1 Å². The number of carbonyl (C=O) groups excluding carboxylic acids is 1. The summed E-state index contributed by atoms with van der Waals surface area (Å²) in [4.78, 5) is 17.2. The van der Waals surface area contributed by atoms with Gasteiger partial charge < -0.3 is 14.8 Å². The van der Waals surface area contributed by atoms with Gasteiger partial charge in [-0.1, -0.05) is 23.7 Å². The standard InChI is InChI=1S/C18H13ClN2O3S/c1-10-2-4-12(8-13(10)19)20-18-21-17(22)16(25-18)7-11-3-5-14-15(6-11)24-9-23-14/h2-8H,9H2,1H3,(H,20,21,22). The fourth-order valence-electron chi connectivity index (χ4n) is 2.40. The highest BCUT2D eigenvalue weighted by molar-refractivity contribution is 8.18. The van der Waals surface area contributed by atoms with Gasteiger partial charge in [-0.05, 0) is 60.2 Å². The molecule has 0 unspecified atom stereocenters. The lowest BCUT2D eigenvalue weighted by molar-refractivity contribution is -0.115. The minimum absolute atomic E-state index is 0.181. The molecular formula is C18H13ClN2O3S. The molecule has 5 nitrogen and oxygen atoms in total. The van der Waals surface area contributed by atoms with E-state index in [1.165, 1.54) is 11.8 Å². The highest BCUT2D eigenvalue weighted by atomic mass is 35.5. The Balaban J connectivity index is 1.57. The Hall–Kier alpha value is -2.44. The molecule has 126 valence electrons. The molecule has 0 bridgehead atoms. The molecule has 0 saturated carbocycles. The molecule has 1 fully saturated rings. The molecule has 0 radical (unpaired) electrons. The number of amidine groups is 1. The zero-order chi connectivity index (χ0) is 17.4. The summed E-state index contributed by atoms with van der Waals surface area (Å²) in [6.07, 6.45) is 1.80. The number of aliphatic imine (C=N–C) groups is 1. The quantitative estimate of drug-likeness (QED) is 0.800. The van der Waals surface area contributed by atoms with Crippen molar-refractivity contribution < 1.29 is 14.3 Å². The van der Waals surface area contributed by atoms with Gasteiger partial charge in [0.15, 0.2) is 16.7 Å². The van der Waals surface area contributed by atoms with Crippen molar-refractivity contribution in [1.82, 2.24) is 5.32 Å². The molecule has 2 aromatic carbocycles. The second-order valence-corrected chi connectivity index (χ2v) is 6.97. The minimum atomic E-state index is -0.181. The molecule has 2 aliphatic heterocycles. The van der Waals surface area contributed by atoms with Crippen molar-refractivity contribution >= 4 is 46.2 Å². The van der Waals surface area contributed by atoms with Crippen molar-refractivity contribution in [3.63, 3.8) is 0 Å². The Morgan fingerprint density at radius 2 is 2.04 bits per heavy atom. The van der Waals surface area contributed by atoms with Crippen LogP contribution in [0, 0.1) is 6.92 Å². The molecule has 2 aromatic rings. The largest absolute Gasteiger partial charge is 0.454 e. The number of aryl methyl sites for hydroxylation is 1. The van der Waals surface area contributed by atoms with Crippen LogP contribution in [0.1, 0.15) is 11.1 Å². The Bertz CT molecular complexity index is 940. The van der Waals surface area contributed by atoms with Gasteiger partial charge in [0, 0.05) is 5.02 Å². The molecule has 0 aliphatic carbocycles. The molecule has 7 heteroatoms. The van der Waals surface area contributed by atoms with Crippen LogP contribution in [0.15, 0.2) is 46.3 Å². The molecule has 1 N–H and O–H groups in total. The average Bonchev–Trinajstić information content (AvgIpc) is 3.17. The van der Waals surface area contributed by atoms with E-state index in [-0.39, 0.29) is 12.7 Å². The van der Waals surface area contributed by atoms with E-state index in [1.54, 1.807) is 12.1 Å². The van der Waals surface area contributed by atoms with E-state index in [2.05, 4.69) is 10.3 Å². The van der Waals surface area contributed by atoms with Crippen molar-refractivity contribution in [2.75, 3.05) is 6.79 Å². The van der Waals surface area contributed by atoms with Crippen molar-refractivity contribution in [3.8, 4) is 11.5 Å². The van der Waals surface area contributed by atoms with Crippen LogP contribution >= 0.6 is 23.4 Å². The Morgan fingerprint density at radius 1 is 1.20 bits per heavy atom. The van der Waals surface area contributed by atoms with Gasteiger partial charge in [0.1, 0.15) is 0 Å². The van der Waals surface area contributed by atoms with Gasteiger partial charge in [-0.25, -0.2) is 4.99 Å². The summed E-state index contributed by atoms with van der Waals surface area (Å²) in [7, 11) is 0. The molecule has 2 aliphatic rings. The number of carbonyl (C=O) groups is 1. The summed E-state index contributed by atoms with van der Waals surface area (Å²) >= 11 is 7.40. The maximum Gasteiger partial charge on any atom is 0.264 e. The first-order chi connectivity index (χ1) is 12.1. The fourth-order valence-corrected chi connectivity index (χ4v) is 3.42. The van der Waals surface area contributed by atoms with Crippen molar-refractivity contribution in [2.24, 2.45) is 4.99 Å². The van der Waals surface area contributed by atoms with E-state index < -0.39 is 0 Å². The number of halogens is 1. The lowest BCUT2D eigenvalue weighted by Crippen LogP contribution is -2.19. The highest BCUT2D eigenvalue weighted by Gasteiger charge is 2.24. The smallest absolute Gasteiger partial charge is 0.264 e. The maximum atomic E-state index is 12.2. The maximum absolute atomic E-state index is 12.2. The summed E-state index contributed by atoms with van der Waals surface area (Å²) in [5, 5.41) is 3.94. The Labute approximate surface area is 153 Å². The van der Waals surface area contributed by atoms with E-state index in [4.69, 9.17) is 21.1 Å². The third-order valence-electron chi connectivity index (χ3n) is 3.73. The van der Waals surface area contributed by atoms with Crippen molar-refractivity contribution in [3.05, 3.63) is 57.5 Å². The molecule has 0 spiro atoms. The first-order valence-corrected chi connectivity index (χ1v) is 8.73. The normalized spacial score (nSPS) is 18.9. The SMILES string of the molecule is Cc1ccc(N=C2NC(=O)C(=Cc3ccc4c(c3)OCO4)S2)cc1Cl. The summed E-state index contributed by atoms with van der Waals surface area (Å²) < 4.78 is 10.6. The summed E-state index contributed by atoms with van der Waals surface area (Å²) in [5.41, 5.74) is 2.54. The molecule has 0 aromatic heterocycles. The molecule has 0 atom stereocenters. The minimum Gasteiger partial charge on any atom is -0.454 e. The number of hydrogen-bond acceptors (Lipinski definition) is 5. The molecule has 1 saturated heterocycles. The Morgan fingerprint density at radius 3 is 2.88 bits per heavy atom. The molecular weight excluding hydrogens is 360 g/mol. The Kier molecular flexibility index (Phi) is 4.15. The number of nitrogens with one attached hydrogen (secondary N) is 1. The van der Waals surface area contributed by atoms with E-state index in [0.29, 0.717) is 32.3 Å². The highest BCUT2D eigenvalue weighted by Crippen LogP contribution is 2.35. The van der Waals surface area contributed by atoms with Crippen molar-refractivity contribution in [2.45, 2.75) is 6.92 Å². The number of rotatable bonds is 2. The first-order valence-electron chi connectivity index (χ1n) is 7.54. The van der Waals surface area contributed by atoms with Crippen LogP contribution < -0.4 is 14.8 Å². The number of benzene rings is 2. The third kappa shape index (κ3) is 3.36. The molecule has 4 rings (SSSR count). The second-order valence-electron chi connectivity index (χ2n) is 5.53. The van der Waals surface area contributed by atoms with Gasteiger partial charge in [-0.2, -0.15) is 0 Å². The lowest BCUT2D eigenvalue weighted by atomic mass is 10.2. The van der Waals surface area contributed by atoms with Crippen LogP contribution in [-0.2, 0) is 4.79 Å². The van der Waals surface area contributed by atoms with Crippen LogP contribution in [0.3, 0.4) is 0 Å². The van der Waals surface area contributed by atoms with Gasteiger partial charge in [0.2, 0.25) is 6.79 Å². The predicted molar refractivity (Wildman–Crippen MR) is 99.6 cm³/mol. The van der Waals surface area contributed by atoms with Gasteiger partial charge in [0.05, 0.1) is 10.6 Å². The van der Waals surface area contributed by atoms with Gasteiger partial charge in [-0.15, -0.1) is 0 Å². The third-order valence-corrected chi connectivity index (χ3v) is 5.05. The number of hydrogen-bond donors (Lipinski definition) is 1. The lowest BCUT2D eigenvalue weighted by Gasteiger charge is -2.00. The van der Waals surface area contributed by atoms with Gasteiger partial charge in [-0.3, -0.25) is 4.79 Å². The number of fused-ring (bicyclic) bond motifs is 1. The monoisotopic (exact) mass is 372 g/mol. The van der Waals surface area contributed by atoms with Crippen molar-refractivity contribution in [1.29, 1.82) is 0 Å². The van der Waals surface area contributed by atoms with Crippen LogP contribution in [0.25, 0.3) is 6.08 Å². The first kappa shape index (κ1) is 16.1. The summed E-state index contributed by atoms with van der Waals surface area (Å²) in [6.45, 7) is 2.15. The zero-order valence-corrected chi connectivity index (χ0v) is 14.8. The van der Waals surface area contributed by atoms with E-state index in [1.807, 2.05) is 37.3 Å². The van der Waals surface area contributed by atoms with Crippen LogP contribution in [0.4, 0.5) is 5.69 Å². The molecule has 25 heavy (non-hydrogen) atoms. The number of thioether (sulfide) groups is 1. The summed E-state index contributed by atoms with van der Waals surface area (Å²) in [6, 6.07) is 11.1. The zero-order valence-electron chi connectivity index (χ0n) is 13.2. The van der Waals surface area contributed by atoms with Crippen LogP contribution in [0.2, 0.25) is 5.02 Å². The topological polar surface area (TPSA) is 59.9 Å². The van der Waals surface area contributed by atoms with E-state index in [9.17, 15) is 4.79 Å². The second kappa shape index (κ2) is 6.46. The number of nitrogens with zero attached hydrogens (tertiary/aromatic N) is 1. The average molecular weight is 373 g/mol. The fraction of sp³-hybridized carbons (Fsp3) is 0.111. The van der Waals surface area contributed by atoms with Crippen LogP contribution in [-0.4, -0.2) is 17.9 Å². The van der Waals surface area contributed by atoms with Gasteiger partial charge >= 0.3 is 0 Å². The predicted octanol–water partition coefficient (Wildman–Crippen LogP) is 4.27. The number of ether oxygens (including phenoxy) is 2. The molecule has 2 heterocycles. The summed E-state index contributed by atoms with van der Waals surface area (Å²) in [5.74, 6) is 1.21. The number of amides is 1. The molecule has 1 amide bonds. The van der Waals surface area contributed by atoms with Gasteiger partial charge in [0.25, 0.3) is 5.91 Å². The van der Waals surface area contributed by atoms with Crippen LogP contribution in [0.5, 0.6) is 11.5 Å². The van der Waals surface area contributed by atoms with E-state index >= 15 is 0 Å².